The maximum Gasteiger partial charge on any atom is 0.119 e. The second kappa shape index (κ2) is 1.72. The van der Waals surface area contributed by atoms with E-state index >= 15 is 0 Å². The first-order valence-corrected chi connectivity index (χ1v) is 3.43. The van der Waals surface area contributed by atoms with Crippen LogP contribution in [0, 0.1) is 0 Å². The maximum atomic E-state index is 12.6. The highest BCUT2D eigenvalue weighted by atomic mass is 19.1. The predicted molar refractivity (Wildman–Crippen MR) is 33.8 cm³/mol. The number of hydrogen-bond acceptors (Lipinski definition) is 1. The fraction of sp³-hybridized carbons (Fsp3) is 0.714. The lowest BCUT2D eigenvalue weighted by molar-refractivity contribution is 0.331. The van der Waals surface area contributed by atoms with Crippen molar-refractivity contribution in [2.45, 2.75) is 25.1 Å². The van der Waals surface area contributed by atoms with Gasteiger partial charge in [0.05, 0.1) is 0 Å². The van der Waals surface area contributed by atoms with Crippen LogP contribution in [0.2, 0.25) is 0 Å². The molecule has 0 aliphatic carbocycles. The van der Waals surface area contributed by atoms with Crippen LogP contribution < -0.4 is 0 Å². The Bertz CT molecular complexity index is 144. The summed E-state index contributed by atoms with van der Waals surface area (Å²) in [6.07, 6.45) is 5.37. The quantitative estimate of drug-likeness (QED) is 0.474. The lowest BCUT2D eigenvalue weighted by Gasteiger charge is -2.13. The van der Waals surface area contributed by atoms with Crippen molar-refractivity contribution >= 4 is 0 Å². The molecule has 1 saturated heterocycles. The smallest absolute Gasteiger partial charge is 0.119 e. The lowest BCUT2D eigenvalue weighted by Crippen LogP contribution is -2.18. The zero-order chi connectivity index (χ0) is 6.27. The van der Waals surface area contributed by atoms with Crippen LogP contribution in [0.4, 0.5) is 4.39 Å². The first-order valence-electron chi connectivity index (χ1n) is 3.43. The molecule has 0 aromatic rings. The van der Waals surface area contributed by atoms with E-state index in [1.165, 1.54) is 0 Å². The molecule has 9 heavy (non-hydrogen) atoms. The predicted octanol–water partition coefficient (Wildman–Crippen LogP) is 1.32. The highest BCUT2D eigenvalue weighted by Crippen LogP contribution is 2.27. The molecule has 2 unspecified atom stereocenters. The van der Waals surface area contributed by atoms with Crippen molar-refractivity contribution in [1.29, 1.82) is 0 Å². The van der Waals surface area contributed by atoms with Crippen molar-refractivity contribution in [3.8, 4) is 0 Å². The number of rotatable bonds is 0. The van der Waals surface area contributed by atoms with E-state index in [-0.39, 0.29) is 0 Å². The van der Waals surface area contributed by atoms with E-state index in [0.29, 0.717) is 12.6 Å². The fourth-order valence-corrected chi connectivity index (χ4v) is 1.65. The van der Waals surface area contributed by atoms with Gasteiger partial charge in [0.25, 0.3) is 0 Å². The second-order valence-electron chi connectivity index (χ2n) is 2.80. The highest BCUT2D eigenvalue weighted by molar-refractivity contribution is 5.03. The van der Waals surface area contributed by atoms with Crippen LogP contribution in [0.1, 0.15) is 12.8 Å². The minimum Gasteiger partial charge on any atom is -0.371 e. The van der Waals surface area contributed by atoms with E-state index in [4.69, 9.17) is 0 Å². The van der Waals surface area contributed by atoms with Crippen molar-refractivity contribution < 1.29 is 4.39 Å². The summed E-state index contributed by atoms with van der Waals surface area (Å²) >= 11 is 0. The standard InChI is InChI=1S/C7H10FN/c8-6-4-7-2-1-3-9(7)5-6/h1,3,6-7H,2,4-5H2. The van der Waals surface area contributed by atoms with Crippen LogP contribution in [-0.4, -0.2) is 23.7 Å². The summed E-state index contributed by atoms with van der Waals surface area (Å²) in [5.41, 5.74) is 0. The summed E-state index contributed by atoms with van der Waals surface area (Å²) in [5.74, 6) is 0. The minimum atomic E-state index is -0.569. The molecular formula is C7H10FN. The van der Waals surface area contributed by atoms with Crippen LogP contribution in [0.5, 0.6) is 0 Å². The molecule has 0 radical (unpaired) electrons. The van der Waals surface area contributed by atoms with Crippen LogP contribution in [-0.2, 0) is 0 Å². The van der Waals surface area contributed by atoms with E-state index in [0.717, 1.165) is 12.8 Å². The number of fused-ring (bicyclic) bond motifs is 1. The van der Waals surface area contributed by atoms with Gasteiger partial charge in [0.15, 0.2) is 0 Å². The fourth-order valence-electron chi connectivity index (χ4n) is 1.65. The van der Waals surface area contributed by atoms with Crippen LogP contribution >= 0.6 is 0 Å². The number of nitrogens with zero attached hydrogens (tertiary/aromatic N) is 1. The van der Waals surface area contributed by atoms with Gasteiger partial charge in [-0.05, 0) is 12.6 Å². The van der Waals surface area contributed by atoms with Gasteiger partial charge in [0, 0.05) is 19.0 Å². The van der Waals surface area contributed by atoms with Crippen molar-refractivity contribution in [2.75, 3.05) is 6.54 Å². The average Bonchev–Trinajstić information content (AvgIpc) is 2.22. The van der Waals surface area contributed by atoms with E-state index in [9.17, 15) is 4.39 Å². The molecule has 0 aromatic heterocycles. The zero-order valence-electron chi connectivity index (χ0n) is 5.26. The number of hydrogen-bond donors (Lipinski definition) is 0. The van der Waals surface area contributed by atoms with E-state index in [2.05, 4.69) is 11.0 Å². The van der Waals surface area contributed by atoms with Gasteiger partial charge in [0.2, 0.25) is 0 Å². The molecule has 0 N–H and O–H groups in total. The molecule has 2 heterocycles. The zero-order valence-corrected chi connectivity index (χ0v) is 5.26. The summed E-state index contributed by atoms with van der Waals surface area (Å²) < 4.78 is 12.6. The molecular weight excluding hydrogens is 117 g/mol. The third-order valence-corrected chi connectivity index (χ3v) is 2.11. The van der Waals surface area contributed by atoms with Gasteiger partial charge < -0.3 is 4.90 Å². The molecule has 2 atom stereocenters. The second-order valence-corrected chi connectivity index (χ2v) is 2.80. The van der Waals surface area contributed by atoms with E-state index in [1.54, 1.807) is 0 Å². The largest absolute Gasteiger partial charge is 0.371 e. The van der Waals surface area contributed by atoms with Gasteiger partial charge in [-0.25, -0.2) is 4.39 Å². The van der Waals surface area contributed by atoms with E-state index < -0.39 is 6.17 Å². The molecule has 0 spiro atoms. The lowest BCUT2D eigenvalue weighted by atomic mass is 10.2. The van der Waals surface area contributed by atoms with Gasteiger partial charge in [0.1, 0.15) is 6.17 Å². The van der Waals surface area contributed by atoms with Crippen molar-refractivity contribution in [1.82, 2.24) is 4.90 Å². The Hall–Kier alpha value is -0.530. The molecule has 2 heteroatoms. The summed E-state index contributed by atoms with van der Waals surface area (Å²) in [4.78, 5) is 2.10. The van der Waals surface area contributed by atoms with E-state index in [1.807, 2.05) is 6.20 Å². The van der Waals surface area contributed by atoms with Gasteiger partial charge >= 0.3 is 0 Å². The summed E-state index contributed by atoms with van der Waals surface area (Å²) in [6.45, 7) is 0.626. The van der Waals surface area contributed by atoms with Crippen molar-refractivity contribution in [3.63, 3.8) is 0 Å². The number of halogens is 1. The monoisotopic (exact) mass is 127 g/mol. The van der Waals surface area contributed by atoms with Gasteiger partial charge in [-0.1, -0.05) is 6.08 Å². The van der Waals surface area contributed by atoms with Crippen molar-refractivity contribution in [2.24, 2.45) is 0 Å². The summed E-state index contributed by atoms with van der Waals surface area (Å²) in [5, 5.41) is 0. The normalized spacial score (nSPS) is 39.9. The van der Waals surface area contributed by atoms with Crippen molar-refractivity contribution in [3.05, 3.63) is 12.3 Å². The molecule has 2 aliphatic rings. The molecule has 0 aromatic carbocycles. The first-order chi connectivity index (χ1) is 4.36. The SMILES string of the molecule is FC1CC2CC=CN2C1. The molecule has 0 saturated carbocycles. The van der Waals surface area contributed by atoms with Crippen LogP contribution in [0.25, 0.3) is 0 Å². The maximum absolute atomic E-state index is 12.6. The summed E-state index contributed by atoms with van der Waals surface area (Å²) in [7, 11) is 0. The minimum absolute atomic E-state index is 0.500. The Morgan fingerprint density at radius 1 is 1.56 bits per heavy atom. The molecule has 1 fully saturated rings. The molecule has 50 valence electrons. The first kappa shape index (κ1) is 5.27. The van der Waals surface area contributed by atoms with Crippen LogP contribution in [0.15, 0.2) is 12.3 Å². The Labute approximate surface area is 54.2 Å². The highest BCUT2D eigenvalue weighted by Gasteiger charge is 2.31. The molecule has 0 amide bonds. The van der Waals surface area contributed by atoms with Crippen LogP contribution in [0.3, 0.4) is 0 Å². The third-order valence-electron chi connectivity index (χ3n) is 2.11. The Morgan fingerprint density at radius 3 is 3.22 bits per heavy atom. The Morgan fingerprint density at radius 2 is 2.44 bits per heavy atom. The third kappa shape index (κ3) is 0.732. The average molecular weight is 127 g/mol. The van der Waals surface area contributed by atoms with Gasteiger partial charge in [-0.3, -0.25) is 0 Å². The van der Waals surface area contributed by atoms with Gasteiger partial charge in [-0.2, -0.15) is 0 Å². The molecule has 2 aliphatic heterocycles. The molecule has 0 bridgehead atoms. The summed E-state index contributed by atoms with van der Waals surface area (Å²) in [6, 6.07) is 0.500. The Balaban J connectivity index is 2.08. The topological polar surface area (TPSA) is 3.24 Å². The van der Waals surface area contributed by atoms with Gasteiger partial charge in [-0.15, -0.1) is 0 Å². The number of alkyl halides is 1. The molecule has 1 nitrogen and oxygen atoms in total. The molecule has 2 rings (SSSR count). The Kier molecular flexibility index (Phi) is 1.01.